The van der Waals surface area contributed by atoms with Gasteiger partial charge >= 0.3 is 0 Å². The Hall–Kier alpha value is -2.95. The van der Waals surface area contributed by atoms with E-state index in [0.717, 1.165) is 11.1 Å². The van der Waals surface area contributed by atoms with Crippen LogP contribution in [0.2, 0.25) is 0 Å². The minimum Gasteiger partial charge on any atom is -0.342 e. The summed E-state index contributed by atoms with van der Waals surface area (Å²) in [5.41, 5.74) is 1.11. The van der Waals surface area contributed by atoms with Crippen molar-refractivity contribution in [2.24, 2.45) is 5.92 Å². The van der Waals surface area contributed by atoms with E-state index in [0.29, 0.717) is 0 Å². The topological polar surface area (TPSA) is 75.3 Å². The molecule has 0 radical (unpaired) electrons. The van der Waals surface area contributed by atoms with E-state index in [9.17, 15) is 14.4 Å². The van der Waals surface area contributed by atoms with Crippen molar-refractivity contribution in [2.75, 3.05) is 0 Å². The molecule has 1 aliphatic rings. The Bertz CT molecular complexity index is 732. The van der Waals surface area contributed by atoms with E-state index in [1.807, 2.05) is 67.6 Å². The normalized spacial score (nSPS) is 15.6. The van der Waals surface area contributed by atoms with Gasteiger partial charge in [-0.05, 0) is 18.1 Å². The highest BCUT2D eigenvalue weighted by molar-refractivity contribution is 6.02. The van der Waals surface area contributed by atoms with E-state index in [1.54, 1.807) is 0 Å². The molecule has 5 nitrogen and oxygen atoms in total. The molecule has 0 aliphatic carbocycles. The SMILES string of the molecule is CC(NC(=O)C1CC(=O)NC(=O)C1)(c1ccccc1)c1ccccc1. The Labute approximate surface area is 146 Å². The smallest absolute Gasteiger partial charge is 0.227 e. The number of amides is 3. The van der Waals surface area contributed by atoms with Gasteiger partial charge in [0.1, 0.15) is 0 Å². The second kappa shape index (κ2) is 6.89. The summed E-state index contributed by atoms with van der Waals surface area (Å²) in [6.45, 7) is 1.93. The number of rotatable bonds is 4. The van der Waals surface area contributed by atoms with E-state index in [-0.39, 0.29) is 18.7 Å². The number of piperidine rings is 1. The monoisotopic (exact) mass is 336 g/mol. The zero-order chi connectivity index (χ0) is 17.9. The molecule has 1 fully saturated rings. The van der Waals surface area contributed by atoms with Gasteiger partial charge in [0.05, 0.1) is 11.5 Å². The van der Waals surface area contributed by atoms with Gasteiger partial charge in [-0.25, -0.2) is 0 Å². The summed E-state index contributed by atoms with van der Waals surface area (Å²) in [4.78, 5) is 36.0. The molecular formula is C20H20N2O3. The lowest BCUT2D eigenvalue weighted by Crippen LogP contribution is -2.50. The second-order valence-electron chi connectivity index (χ2n) is 6.42. The minimum atomic E-state index is -0.753. The van der Waals surface area contributed by atoms with E-state index in [1.165, 1.54) is 0 Å². The maximum atomic E-state index is 12.8. The predicted molar refractivity (Wildman–Crippen MR) is 93.4 cm³/mol. The Kier molecular flexibility index (Phi) is 4.65. The molecule has 2 aromatic carbocycles. The van der Waals surface area contributed by atoms with Gasteiger partial charge in [0, 0.05) is 12.8 Å². The fraction of sp³-hybridized carbons (Fsp3) is 0.250. The first kappa shape index (κ1) is 16.9. The number of imide groups is 1. The molecule has 0 bridgehead atoms. The summed E-state index contributed by atoms with van der Waals surface area (Å²) in [5.74, 6) is -1.75. The molecule has 0 atom stereocenters. The van der Waals surface area contributed by atoms with Crippen LogP contribution in [0.5, 0.6) is 0 Å². The molecule has 2 aromatic rings. The van der Waals surface area contributed by atoms with Gasteiger partial charge in [0.2, 0.25) is 17.7 Å². The van der Waals surface area contributed by atoms with Crippen molar-refractivity contribution in [3.63, 3.8) is 0 Å². The lowest BCUT2D eigenvalue weighted by Gasteiger charge is -2.34. The maximum Gasteiger partial charge on any atom is 0.227 e. The lowest BCUT2D eigenvalue weighted by atomic mass is 9.83. The molecule has 128 valence electrons. The summed E-state index contributed by atoms with van der Waals surface area (Å²) in [5, 5.41) is 5.30. The highest BCUT2D eigenvalue weighted by Crippen LogP contribution is 2.30. The third-order valence-corrected chi connectivity index (χ3v) is 4.59. The number of hydrogen-bond acceptors (Lipinski definition) is 3. The largest absolute Gasteiger partial charge is 0.342 e. The molecule has 1 aliphatic heterocycles. The summed E-state index contributed by atoms with van der Waals surface area (Å²) in [7, 11) is 0. The number of carbonyl (C=O) groups is 3. The molecule has 3 rings (SSSR count). The summed E-state index contributed by atoms with van der Waals surface area (Å²) >= 11 is 0. The van der Waals surface area contributed by atoms with Gasteiger partial charge < -0.3 is 5.32 Å². The zero-order valence-corrected chi connectivity index (χ0v) is 14.0. The quantitative estimate of drug-likeness (QED) is 0.840. The first-order valence-corrected chi connectivity index (χ1v) is 8.25. The molecule has 1 heterocycles. The van der Waals surface area contributed by atoms with Crippen LogP contribution in [0.25, 0.3) is 0 Å². The van der Waals surface area contributed by atoms with Crippen molar-refractivity contribution in [3.05, 3.63) is 71.8 Å². The van der Waals surface area contributed by atoms with E-state index < -0.39 is 23.3 Å². The summed E-state index contributed by atoms with van der Waals surface area (Å²) < 4.78 is 0. The maximum absolute atomic E-state index is 12.8. The van der Waals surface area contributed by atoms with Gasteiger partial charge in [-0.2, -0.15) is 0 Å². The van der Waals surface area contributed by atoms with Crippen LogP contribution in [-0.4, -0.2) is 17.7 Å². The van der Waals surface area contributed by atoms with Crippen molar-refractivity contribution < 1.29 is 14.4 Å². The first-order valence-electron chi connectivity index (χ1n) is 8.25. The van der Waals surface area contributed by atoms with Gasteiger partial charge in [-0.3, -0.25) is 19.7 Å². The Morgan fingerprint density at radius 1 is 0.920 bits per heavy atom. The van der Waals surface area contributed by atoms with Crippen LogP contribution >= 0.6 is 0 Å². The fourth-order valence-electron chi connectivity index (χ4n) is 3.17. The average Bonchev–Trinajstić information content (AvgIpc) is 2.62. The molecule has 0 unspecified atom stereocenters. The molecular weight excluding hydrogens is 316 g/mol. The number of carbonyl (C=O) groups excluding carboxylic acids is 3. The Balaban J connectivity index is 1.92. The average molecular weight is 336 g/mol. The molecule has 0 aromatic heterocycles. The third kappa shape index (κ3) is 3.60. The van der Waals surface area contributed by atoms with Crippen LogP contribution in [0, 0.1) is 5.92 Å². The van der Waals surface area contributed by atoms with Crippen molar-refractivity contribution >= 4 is 17.7 Å². The number of benzene rings is 2. The van der Waals surface area contributed by atoms with Gasteiger partial charge in [-0.1, -0.05) is 60.7 Å². The second-order valence-corrected chi connectivity index (χ2v) is 6.42. The molecule has 5 heteroatoms. The van der Waals surface area contributed by atoms with Crippen LogP contribution in [0.4, 0.5) is 0 Å². The Morgan fingerprint density at radius 3 is 1.80 bits per heavy atom. The van der Waals surface area contributed by atoms with Crippen LogP contribution in [0.3, 0.4) is 0 Å². The first-order chi connectivity index (χ1) is 12.0. The lowest BCUT2D eigenvalue weighted by molar-refractivity contribution is -0.141. The third-order valence-electron chi connectivity index (χ3n) is 4.59. The van der Waals surface area contributed by atoms with Crippen molar-refractivity contribution in [1.29, 1.82) is 0 Å². The van der Waals surface area contributed by atoms with Crippen LogP contribution < -0.4 is 10.6 Å². The van der Waals surface area contributed by atoms with Crippen molar-refractivity contribution in [3.8, 4) is 0 Å². The molecule has 2 N–H and O–H groups in total. The number of hydrogen-bond donors (Lipinski definition) is 2. The molecule has 0 spiro atoms. The molecule has 25 heavy (non-hydrogen) atoms. The van der Waals surface area contributed by atoms with Gasteiger partial charge in [-0.15, -0.1) is 0 Å². The molecule has 3 amide bonds. The fourth-order valence-corrected chi connectivity index (χ4v) is 3.17. The van der Waals surface area contributed by atoms with E-state index >= 15 is 0 Å². The van der Waals surface area contributed by atoms with Gasteiger partial charge in [0.25, 0.3) is 0 Å². The summed E-state index contributed by atoms with van der Waals surface area (Å²) in [6, 6.07) is 19.3. The van der Waals surface area contributed by atoms with Crippen LogP contribution in [-0.2, 0) is 19.9 Å². The van der Waals surface area contributed by atoms with Gasteiger partial charge in [0.15, 0.2) is 0 Å². The molecule has 0 saturated carbocycles. The zero-order valence-electron chi connectivity index (χ0n) is 14.0. The minimum absolute atomic E-state index is 0.0250. The highest BCUT2D eigenvalue weighted by atomic mass is 16.2. The summed E-state index contributed by atoms with van der Waals surface area (Å²) in [6.07, 6.45) is 0.0501. The molecule has 1 saturated heterocycles. The van der Waals surface area contributed by atoms with E-state index in [2.05, 4.69) is 10.6 Å². The van der Waals surface area contributed by atoms with Crippen molar-refractivity contribution in [2.45, 2.75) is 25.3 Å². The van der Waals surface area contributed by atoms with Crippen molar-refractivity contribution in [1.82, 2.24) is 10.6 Å². The van der Waals surface area contributed by atoms with E-state index in [4.69, 9.17) is 0 Å². The van der Waals surface area contributed by atoms with Crippen LogP contribution in [0.1, 0.15) is 30.9 Å². The standard InChI is InChI=1S/C20H20N2O3/c1-20(15-8-4-2-5-9-15,16-10-6-3-7-11-16)22-19(25)14-12-17(23)21-18(24)13-14/h2-11,14H,12-13H2,1H3,(H,22,25)(H,21,23,24). The predicted octanol–water partition coefficient (Wildman–Crippen LogP) is 2.12. The Morgan fingerprint density at radius 2 is 1.36 bits per heavy atom. The number of nitrogens with one attached hydrogen (secondary N) is 2. The van der Waals surface area contributed by atoms with Crippen LogP contribution in [0.15, 0.2) is 60.7 Å². The highest BCUT2D eigenvalue weighted by Gasteiger charge is 2.36.